The van der Waals surface area contributed by atoms with Crippen molar-refractivity contribution >= 4 is 33.2 Å². The molecule has 2 aromatic rings. The van der Waals surface area contributed by atoms with Crippen molar-refractivity contribution in [2.75, 3.05) is 5.32 Å². The molecule has 3 N–H and O–H groups in total. The summed E-state index contributed by atoms with van der Waals surface area (Å²) in [5.74, 6) is -0.314. The van der Waals surface area contributed by atoms with E-state index >= 15 is 0 Å². The number of nitrogens with zero attached hydrogens (tertiary/aromatic N) is 1. The van der Waals surface area contributed by atoms with E-state index in [-0.39, 0.29) is 11.7 Å². The molecule has 0 aliphatic rings. The van der Waals surface area contributed by atoms with Gasteiger partial charge in [-0.1, -0.05) is 17.3 Å². The number of phenols is 1. The van der Waals surface area contributed by atoms with Gasteiger partial charge in [-0.3, -0.25) is 4.79 Å². The van der Waals surface area contributed by atoms with Crippen LogP contribution in [0.2, 0.25) is 0 Å². The molecule has 0 unspecified atom stereocenters. The van der Waals surface area contributed by atoms with Crippen LogP contribution in [0.3, 0.4) is 0 Å². The van der Waals surface area contributed by atoms with Crippen molar-refractivity contribution in [3.05, 3.63) is 58.1 Å². The highest BCUT2D eigenvalue weighted by Gasteiger charge is 2.09. The van der Waals surface area contributed by atoms with Crippen LogP contribution in [-0.2, 0) is 0 Å². The molecular formula is C15H13BrN2O3. The van der Waals surface area contributed by atoms with Crippen LogP contribution in [0.5, 0.6) is 5.75 Å². The Kier molecular flexibility index (Phi) is 4.59. The summed E-state index contributed by atoms with van der Waals surface area (Å²) in [5.41, 5.74) is 2.22. The first-order valence-corrected chi connectivity index (χ1v) is 6.89. The lowest BCUT2D eigenvalue weighted by Gasteiger charge is -2.07. The molecule has 21 heavy (non-hydrogen) atoms. The van der Waals surface area contributed by atoms with Gasteiger partial charge in [-0.15, -0.1) is 0 Å². The number of amides is 1. The summed E-state index contributed by atoms with van der Waals surface area (Å²) in [5, 5.41) is 24.1. The van der Waals surface area contributed by atoms with Crippen molar-refractivity contribution in [1.82, 2.24) is 0 Å². The van der Waals surface area contributed by atoms with Crippen molar-refractivity contribution in [3.63, 3.8) is 0 Å². The summed E-state index contributed by atoms with van der Waals surface area (Å²) in [7, 11) is 0. The highest BCUT2D eigenvalue weighted by atomic mass is 79.9. The molecule has 0 heterocycles. The molecule has 0 bridgehead atoms. The second-order valence-corrected chi connectivity index (χ2v) is 5.24. The maximum absolute atomic E-state index is 12.1. The average Bonchev–Trinajstić information content (AvgIpc) is 2.50. The Morgan fingerprint density at radius 1 is 1.14 bits per heavy atom. The summed E-state index contributed by atoms with van der Waals surface area (Å²) in [6, 6.07) is 11.5. The summed E-state index contributed by atoms with van der Waals surface area (Å²) in [6.45, 7) is 1.68. The van der Waals surface area contributed by atoms with Gasteiger partial charge in [0.1, 0.15) is 5.75 Å². The average molecular weight is 349 g/mol. The van der Waals surface area contributed by atoms with Gasteiger partial charge in [0, 0.05) is 11.3 Å². The predicted molar refractivity (Wildman–Crippen MR) is 84.2 cm³/mol. The van der Waals surface area contributed by atoms with E-state index in [4.69, 9.17) is 5.21 Å². The van der Waals surface area contributed by atoms with Crippen LogP contribution in [0.15, 0.2) is 52.1 Å². The third kappa shape index (κ3) is 3.61. The minimum absolute atomic E-state index is 0.00720. The van der Waals surface area contributed by atoms with Crippen LogP contribution in [0, 0.1) is 0 Å². The van der Waals surface area contributed by atoms with E-state index in [2.05, 4.69) is 26.4 Å². The van der Waals surface area contributed by atoms with Gasteiger partial charge in [-0.2, -0.15) is 0 Å². The third-order valence-corrected chi connectivity index (χ3v) is 3.59. The number of halogens is 1. The van der Waals surface area contributed by atoms with Crippen LogP contribution >= 0.6 is 15.9 Å². The lowest BCUT2D eigenvalue weighted by molar-refractivity contribution is 0.102. The Hall–Kier alpha value is -2.34. The van der Waals surface area contributed by atoms with Crippen molar-refractivity contribution in [2.45, 2.75) is 6.92 Å². The fraction of sp³-hybridized carbons (Fsp3) is 0.0667. The number of benzene rings is 2. The quantitative estimate of drug-likeness (QED) is 0.450. The smallest absolute Gasteiger partial charge is 0.255 e. The minimum atomic E-state index is -0.321. The predicted octanol–water partition coefficient (Wildman–Crippen LogP) is 3.61. The molecule has 0 aliphatic carbocycles. The summed E-state index contributed by atoms with van der Waals surface area (Å²) < 4.78 is 0.530. The van der Waals surface area contributed by atoms with Gasteiger partial charge >= 0.3 is 0 Å². The van der Waals surface area contributed by atoms with Crippen LogP contribution < -0.4 is 5.32 Å². The van der Waals surface area contributed by atoms with Gasteiger partial charge < -0.3 is 15.6 Å². The number of oxime groups is 1. The SMILES string of the molecule is C/C(=N/O)c1ccc(NC(=O)c2ccc(Br)c(O)c2)cc1. The second-order valence-electron chi connectivity index (χ2n) is 4.38. The number of anilines is 1. The van der Waals surface area contributed by atoms with Crippen molar-refractivity contribution in [1.29, 1.82) is 0 Å². The number of rotatable bonds is 3. The van der Waals surface area contributed by atoms with Gasteiger partial charge in [0.2, 0.25) is 0 Å². The molecule has 0 saturated carbocycles. The molecule has 1 amide bonds. The van der Waals surface area contributed by atoms with E-state index in [9.17, 15) is 9.90 Å². The fourth-order valence-electron chi connectivity index (χ4n) is 1.71. The van der Waals surface area contributed by atoms with E-state index in [1.807, 2.05) is 0 Å². The number of aromatic hydroxyl groups is 1. The standard InChI is InChI=1S/C15H13BrN2O3/c1-9(18-21)10-2-5-12(6-3-10)17-15(20)11-4-7-13(16)14(19)8-11/h2-8,19,21H,1H3,(H,17,20)/b18-9-. The van der Waals surface area contributed by atoms with Gasteiger partial charge in [0.25, 0.3) is 5.91 Å². The zero-order valence-corrected chi connectivity index (χ0v) is 12.8. The summed E-state index contributed by atoms with van der Waals surface area (Å²) >= 11 is 3.16. The van der Waals surface area contributed by atoms with E-state index in [0.717, 1.165) is 5.56 Å². The molecule has 6 heteroatoms. The lowest BCUT2D eigenvalue weighted by atomic mass is 10.1. The highest BCUT2D eigenvalue weighted by molar-refractivity contribution is 9.10. The van der Waals surface area contributed by atoms with Gasteiger partial charge in [-0.05, 0) is 58.7 Å². The van der Waals surface area contributed by atoms with Crippen LogP contribution in [0.25, 0.3) is 0 Å². The molecule has 0 fully saturated rings. The molecule has 0 radical (unpaired) electrons. The highest BCUT2D eigenvalue weighted by Crippen LogP contribution is 2.24. The number of carbonyl (C=O) groups excluding carboxylic acids is 1. The Morgan fingerprint density at radius 3 is 2.33 bits per heavy atom. The van der Waals surface area contributed by atoms with Crippen LogP contribution in [-0.4, -0.2) is 21.9 Å². The number of carbonyl (C=O) groups is 1. The maximum Gasteiger partial charge on any atom is 0.255 e. The first-order valence-electron chi connectivity index (χ1n) is 6.10. The minimum Gasteiger partial charge on any atom is -0.507 e. The fourth-order valence-corrected chi connectivity index (χ4v) is 1.96. The normalized spacial score (nSPS) is 11.2. The maximum atomic E-state index is 12.1. The Morgan fingerprint density at radius 2 is 1.76 bits per heavy atom. The molecular weight excluding hydrogens is 336 g/mol. The van der Waals surface area contributed by atoms with E-state index in [1.54, 1.807) is 43.3 Å². The number of hydrogen-bond donors (Lipinski definition) is 3. The molecule has 0 saturated heterocycles. The number of phenolic OH excluding ortho intramolecular Hbond substituents is 1. The second kappa shape index (κ2) is 6.41. The van der Waals surface area contributed by atoms with Crippen LogP contribution in [0.4, 0.5) is 5.69 Å². The van der Waals surface area contributed by atoms with E-state index in [0.29, 0.717) is 21.4 Å². The van der Waals surface area contributed by atoms with Crippen LogP contribution in [0.1, 0.15) is 22.8 Å². The molecule has 0 spiro atoms. The molecule has 0 aliphatic heterocycles. The van der Waals surface area contributed by atoms with Gasteiger partial charge in [-0.25, -0.2) is 0 Å². The number of nitrogens with one attached hydrogen (secondary N) is 1. The molecule has 0 atom stereocenters. The molecule has 108 valence electrons. The zero-order valence-electron chi connectivity index (χ0n) is 11.2. The van der Waals surface area contributed by atoms with Crippen molar-refractivity contribution < 1.29 is 15.1 Å². The Balaban J connectivity index is 2.14. The number of hydrogen-bond acceptors (Lipinski definition) is 4. The first-order chi connectivity index (χ1) is 10.0. The lowest BCUT2D eigenvalue weighted by Crippen LogP contribution is -2.11. The zero-order chi connectivity index (χ0) is 15.4. The largest absolute Gasteiger partial charge is 0.507 e. The molecule has 5 nitrogen and oxygen atoms in total. The molecule has 2 aromatic carbocycles. The first kappa shape index (κ1) is 15.1. The summed E-state index contributed by atoms with van der Waals surface area (Å²) in [4.78, 5) is 12.1. The Labute approximate surface area is 130 Å². The van der Waals surface area contributed by atoms with E-state index in [1.165, 1.54) is 6.07 Å². The topological polar surface area (TPSA) is 81.9 Å². The summed E-state index contributed by atoms with van der Waals surface area (Å²) in [6.07, 6.45) is 0. The van der Waals surface area contributed by atoms with Gasteiger partial charge in [0.05, 0.1) is 10.2 Å². The van der Waals surface area contributed by atoms with Crippen molar-refractivity contribution in [3.8, 4) is 5.75 Å². The molecule has 0 aromatic heterocycles. The Bertz CT molecular complexity index is 697. The van der Waals surface area contributed by atoms with Crippen molar-refractivity contribution in [2.24, 2.45) is 5.16 Å². The monoisotopic (exact) mass is 348 g/mol. The van der Waals surface area contributed by atoms with Gasteiger partial charge in [0.15, 0.2) is 0 Å². The van der Waals surface area contributed by atoms with E-state index < -0.39 is 0 Å². The molecule has 2 rings (SSSR count). The third-order valence-electron chi connectivity index (χ3n) is 2.92.